The molecular weight excluding hydrogens is 292 g/mol. The first kappa shape index (κ1) is 13.1. The van der Waals surface area contributed by atoms with Crippen LogP contribution < -0.4 is 5.73 Å². The van der Waals surface area contributed by atoms with Crippen LogP contribution in [0.2, 0.25) is 0 Å². The van der Waals surface area contributed by atoms with Gasteiger partial charge in [0.15, 0.2) is 0 Å². The molecular formula is C14H17BrN2O. The fourth-order valence-electron chi connectivity index (χ4n) is 2.05. The second-order valence-electron chi connectivity index (χ2n) is 4.72. The Morgan fingerprint density at radius 1 is 1.39 bits per heavy atom. The number of benzene rings is 1. The Morgan fingerprint density at radius 3 is 2.72 bits per heavy atom. The first-order valence-corrected chi connectivity index (χ1v) is 6.79. The van der Waals surface area contributed by atoms with E-state index in [-0.39, 0.29) is 5.91 Å². The number of nitrogens with two attached hydrogens (primary N) is 1. The number of hydrogen-bond donors (Lipinski definition) is 1. The quantitative estimate of drug-likeness (QED) is 0.640. The van der Waals surface area contributed by atoms with Crippen molar-refractivity contribution < 1.29 is 4.79 Å². The molecule has 0 unspecified atom stereocenters. The summed E-state index contributed by atoms with van der Waals surface area (Å²) < 4.78 is 0.845. The number of amides is 1. The molecule has 0 atom stereocenters. The zero-order valence-electron chi connectivity index (χ0n) is 10.7. The Bertz CT molecular complexity index is 523. The molecule has 2 N–H and O–H groups in total. The molecule has 3 nitrogen and oxygen atoms in total. The van der Waals surface area contributed by atoms with E-state index in [1.54, 1.807) is 0 Å². The molecule has 0 bridgehead atoms. The van der Waals surface area contributed by atoms with Gasteiger partial charge < -0.3 is 10.6 Å². The van der Waals surface area contributed by atoms with Crippen LogP contribution in [0.3, 0.4) is 0 Å². The number of rotatable bonds is 1. The van der Waals surface area contributed by atoms with Crippen LogP contribution in [-0.4, -0.2) is 23.9 Å². The van der Waals surface area contributed by atoms with E-state index in [9.17, 15) is 4.79 Å². The third kappa shape index (κ3) is 2.58. The molecule has 1 aromatic carbocycles. The fourth-order valence-corrected chi connectivity index (χ4v) is 2.52. The Balaban J connectivity index is 2.29. The molecule has 2 rings (SSSR count). The molecule has 0 saturated carbocycles. The van der Waals surface area contributed by atoms with E-state index in [1.807, 2.05) is 24.0 Å². The third-order valence-electron chi connectivity index (χ3n) is 3.37. The van der Waals surface area contributed by atoms with Gasteiger partial charge in [-0.15, -0.1) is 0 Å². The second-order valence-corrected chi connectivity index (χ2v) is 5.63. The summed E-state index contributed by atoms with van der Waals surface area (Å²) in [6, 6.07) is 3.67. The summed E-state index contributed by atoms with van der Waals surface area (Å²) in [5.41, 5.74) is 9.44. The Labute approximate surface area is 116 Å². The highest BCUT2D eigenvalue weighted by Gasteiger charge is 2.20. The lowest BCUT2D eigenvalue weighted by molar-refractivity contribution is 0.0768. The van der Waals surface area contributed by atoms with Crippen LogP contribution in [0.1, 0.15) is 29.3 Å². The van der Waals surface area contributed by atoms with Crippen molar-refractivity contribution in [1.82, 2.24) is 4.90 Å². The number of anilines is 1. The Kier molecular flexibility index (Phi) is 3.76. The van der Waals surface area contributed by atoms with Gasteiger partial charge in [-0.3, -0.25) is 4.79 Å². The number of hydrogen-bond acceptors (Lipinski definition) is 2. The molecule has 18 heavy (non-hydrogen) atoms. The molecule has 0 aromatic heterocycles. The fraction of sp³-hybridized carbons (Fsp3) is 0.357. The van der Waals surface area contributed by atoms with E-state index in [4.69, 9.17) is 5.73 Å². The van der Waals surface area contributed by atoms with Gasteiger partial charge in [-0.1, -0.05) is 27.6 Å². The minimum absolute atomic E-state index is 0.0595. The van der Waals surface area contributed by atoms with Crippen LogP contribution in [0.25, 0.3) is 0 Å². The molecule has 96 valence electrons. The summed E-state index contributed by atoms with van der Waals surface area (Å²) in [5.74, 6) is 0.0595. The van der Waals surface area contributed by atoms with Crippen molar-refractivity contribution in [2.24, 2.45) is 0 Å². The van der Waals surface area contributed by atoms with Crippen molar-refractivity contribution in [3.05, 3.63) is 39.4 Å². The highest BCUT2D eigenvalue weighted by atomic mass is 79.9. The summed E-state index contributed by atoms with van der Waals surface area (Å²) in [5, 5.41) is 0. The van der Waals surface area contributed by atoms with Crippen molar-refractivity contribution in [1.29, 1.82) is 0 Å². The smallest absolute Gasteiger partial charge is 0.254 e. The predicted molar refractivity (Wildman–Crippen MR) is 77.6 cm³/mol. The van der Waals surface area contributed by atoms with Crippen LogP contribution in [0.4, 0.5) is 5.69 Å². The van der Waals surface area contributed by atoms with Gasteiger partial charge in [-0.2, -0.15) is 0 Å². The van der Waals surface area contributed by atoms with E-state index in [0.717, 1.165) is 23.0 Å². The predicted octanol–water partition coefficient (Wildman–Crippen LogP) is 3.13. The maximum Gasteiger partial charge on any atom is 0.254 e. The maximum atomic E-state index is 12.5. The summed E-state index contributed by atoms with van der Waals surface area (Å²) in [6.45, 7) is 5.47. The van der Waals surface area contributed by atoms with Gasteiger partial charge in [0.25, 0.3) is 5.91 Å². The van der Waals surface area contributed by atoms with Crippen molar-refractivity contribution in [2.45, 2.75) is 20.3 Å². The SMILES string of the molecule is CC1=CCN(C(=O)c2cc(Br)cc(N)c2C)CC1. The second kappa shape index (κ2) is 5.14. The number of carbonyl (C=O) groups is 1. The Hall–Kier alpha value is -1.29. The molecule has 0 radical (unpaired) electrons. The van der Waals surface area contributed by atoms with Gasteiger partial charge >= 0.3 is 0 Å². The standard InChI is InChI=1S/C14H17BrN2O/c1-9-3-5-17(6-4-9)14(18)12-7-11(15)8-13(16)10(12)2/h3,7-8H,4-6,16H2,1-2H3. The number of nitrogen functional groups attached to an aromatic ring is 1. The zero-order chi connectivity index (χ0) is 13.3. The molecule has 1 heterocycles. The van der Waals surface area contributed by atoms with E-state index in [1.165, 1.54) is 5.57 Å². The van der Waals surface area contributed by atoms with Gasteiger partial charge in [0.05, 0.1) is 0 Å². The Morgan fingerprint density at radius 2 is 2.11 bits per heavy atom. The normalized spacial score (nSPS) is 15.5. The van der Waals surface area contributed by atoms with Gasteiger partial charge in [0, 0.05) is 28.8 Å². The molecule has 1 aromatic rings. The van der Waals surface area contributed by atoms with Crippen LogP contribution in [-0.2, 0) is 0 Å². The summed E-state index contributed by atoms with van der Waals surface area (Å²) in [7, 11) is 0. The number of carbonyl (C=O) groups excluding carboxylic acids is 1. The van der Waals surface area contributed by atoms with Crippen LogP contribution in [0, 0.1) is 6.92 Å². The van der Waals surface area contributed by atoms with Crippen molar-refractivity contribution in [3.8, 4) is 0 Å². The van der Waals surface area contributed by atoms with Gasteiger partial charge in [0.1, 0.15) is 0 Å². The van der Waals surface area contributed by atoms with Gasteiger partial charge in [-0.05, 0) is 38.0 Å². The lowest BCUT2D eigenvalue weighted by Gasteiger charge is -2.26. The highest BCUT2D eigenvalue weighted by Crippen LogP contribution is 2.24. The minimum Gasteiger partial charge on any atom is -0.398 e. The van der Waals surface area contributed by atoms with E-state index in [2.05, 4.69) is 28.9 Å². The average Bonchev–Trinajstić information content (AvgIpc) is 2.34. The third-order valence-corrected chi connectivity index (χ3v) is 3.82. The van der Waals surface area contributed by atoms with Gasteiger partial charge in [0.2, 0.25) is 0 Å². The molecule has 0 aliphatic carbocycles. The number of nitrogens with zero attached hydrogens (tertiary/aromatic N) is 1. The van der Waals surface area contributed by atoms with E-state index < -0.39 is 0 Å². The maximum absolute atomic E-state index is 12.5. The topological polar surface area (TPSA) is 46.3 Å². The monoisotopic (exact) mass is 308 g/mol. The summed E-state index contributed by atoms with van der Waals surface area (Å²) in [6.07, 6.45) is 3.06. The zero-order valence-corrected chi connectivity index (χ0v) is 12.3. The van der Waals surface area contributed by atoms with E-state index in [0.29, 0.717) is 17.8 Å². The first-order valence-electron chi connectivity index (χ1n) is 5.99. The largest absolute Gasteiger partial charge is 0.398 e. The van der Waals surface area contributed by atoms with Crippen molar-refractivity contribution >= 4 is 27.5 Å². The molecule has 0 spiro atoms. The average molecular weight is 309 g/mol. The van der Waals surface area contributed by atoms with Crippen LogP contribution >= 0.6 is 15.9 Å². The molecule has 0 saturated heterocycles. The summed E-state index contributed by atoms with van der Waals surface area (Å²) in [4.78, 5) is 14.3. The van der Waals surface area contributed by atoms with Crippen LogP contribution in [0.5, 0.6) is 0 Å². The van der Waals surface area contributed by atoms with Crippen LogP contribution in [0.15, 0.2) is 28.3 Å². The molecule has 1 aliphatic heterocycles. The minimum atomic E-state index is 0.0595. The lowest BCUT2D eigenvalue weighted by Crippen LogP contribution is -2.35. The molecule has 1 amide bonds. The highest BCUT2D eigenvalue weighted by molar-refractivity contribution is 9.10. The molecule has 1 aliphatic rings. The first-order chi connectivity index (χ1) is 8.49. The van der Waals surface area contributed by atoms with E-state index >= 15 is 0 Å². The van der Waals surface area contributed by atoms with Crippen molar-refractivity contribution in [2.75, 3.05) is 18.8 Å². The van der Waals surface area contributed by atoms with Gasteiger partial charge in [-0.25, -0.2) is 0 Å². The number of halogens is 1. The molecule has 0 fully saturated rings. The summed E-state index contributed by atoms with van der Waals surface area (Å²) >= 11 is 3.39. The van der Waals surface area contributed by atoms with Crippen molar-refractivity contribution in [3.63, 3.8) is 0 Å². The lowest BCUT2D eigenvalue weighted by atomic mass is 10.0. The molecule has 4 heteroatoms.